The Balaban J connectivity index is 1.54. The molecule has 28 heavy (non-hydrogen) atoms. The van der Waals surface area contributed by atoms with Crippen LogP contribution in [0.2, 0.25) is 0 Å². The highest BCUT2D eigenvalue weighted by Gasteiger charge is 2.30. The van der Waals surface area contributed by atoms with Crippen LogP contribution in [0.15, 0.2) is 44.5 Å². The van der Waals surface area contributed by atoms with Crippen LogP contribution in [0.1, 0.15) is 25.7 Å². The van der Waals surface area contributed by atoms with Crippen molar-refractivity contribution >= 4 is 27.2 Å². The van der Waals surface area contributed by atoms with E-state index in [4.69, 9.17) is 4.42 Å². The highest BCUT2D eigenvalue weighted by atomic mass is 32.2. The van der Waals surface area contributed by atoms with Crippen molar-refractivity contribution in [3.63, 3.8) is 0 Å². The molecule has 0 bridgehead atoms. The molecule has 0 aromatic carbocycles. The van der Waals surface area contributed by atoms with Crippen molar-refractivity contribution in [1.82, 2.24) is 19.5 Å². The van der Waals surface area contributed by atoms with Crippen LogP contribution in [0.4, 0.5) is 5.82 Å². The van der Waals surface area contributed by atoms with Crippen LogP contribution >= 0.6 is 11.3 Å². The van der Waals surface area contributed by atoms with Gasteiger partial charge in [-0.25, -0.2) is 13.4 Å². The Morgan fingerprint density at radius 3 is 2.54 bits per heavy atom. The third-order valence-electron chi connectivity index (χ3n) is 4.58. The zero-order chi connectivity index (χ0) is 19.7. The van der Waals surface area contributed by atoms with Gasteiger partial charge in [0.1, 0.15) is 10.0 Å². The molecule has 1 aliphatic heterocycles. The lowest BCUT2D eigenvalue weighted by Gasteiger charge is -2.34. The van der Waals surface area contributed by atoms with Crippen molar-refractivity contribution in [3.05, 3.63) is 41.7 Å². The van der Waals surface area contributed by atoms with E-state index >= 15 is 0 Å². The Labute approximate surface area is 167 Å². The molecule has 0 saturated carbocycles. The van der Waals surface area contributed by atoms with Gasteiger partial charge in [-0.15, -0.1) is 21.5 Å². The molecular formula is C18H21N5O3S2. The molecule has 1 saturated heterocycles. The number of pyridine rings is 1. The minimum absolute atomic E-state index is 0.146. The number of anilines is 1. The molecule has 0 spiro atoms. The molecule has 148 valence electrons. The van der Waals surface area contributed by atoms with E-state index in [1.54, 1.807) is 23.7 Å². The first-order valence-electron chi connectivity index (χ1n) is 9.04. The molecule has 0 radical (unpaired) electrons. The van der Waals surface area contributed by atoms with Crippen LogP contribution in [0, 0.1) is 0 Å². The lowest BCUT2D eigenvalue weighted by atomic mass is 10.2. The minimum atomic E-state index is -3.43. The molecule has 0 atom stereocenters. The number of aromatic nitrogens is 3. The molecule has 0 aliphatic carbocycles. The van der Waals surface area contributed by atoms with Crippen molar-refractivity contribution in [2.45, 2.75) is 24.0 Å². The molecule has 3 aromatic rings. The number of thiophene rings is 1. The maximum absolute atomic E-state index is 12.7. The highest BCUT2D eigenvalue weighted by Crippen LogP contribution is 2.30. The van der Waals surface area contributed by atoms with Gasteiger partial charge in [-0.1, -0.05) is 19.9 Å². The standard InChI is InChI=1S/C18H21N5O3S2/c1-13(2)17-20-21-18(26-17)14-5-3-7-19-16(14)22-8-10-23(11-9-22)28(24,25)15-6-4-12-27-15/h3-7,12-13H,8-11H2,1-2H3. The summed E-state index contributed by atoms with van der Waals surface area (Å²) in [6, 6.07) is 7.12. The summed E-state index contributed by atoms with van der Waals surface area (Å²) in [5, 5.41) is 10.0. The summed E-state index contributed by atoms with van der Waals surface area (Å²) in [7, 11) is -3.43. The number of sulfonamides is 1. The lowest BCUT2D eigenvalue weighted by molar-refractivity contribution is 0.384. The molecular weight excluding hydrogens is 398 g/mol. The van der Waals surface area contributed by atoms with Crippen molar-refractivity contribution in [2.24, 2.45) is 0 Å². The number of hydrogen-bond acceptors (Lipinski definition) is 8. The molecule has 3 aromatic heterocycles. The molecule has 4 heterocycles. The topological polar surface area (TPSA) is 92.4 Å². The second kappa shape index (κ2) is 7.61. The van der Waals surface area contributed by atoms with E-state index < -0.39 is 10.0 Å². The summed E-state index contributed by atoms with van der Waals surface area (Å²) >= 11 is 1.24. The Kier molecular flexibility index (Phi) is 5.17. The number of hydrogen-bond donors (Lipinski definition) is 0. The molecule has 0 unspecified atom stereocenters. The van der Waals surface area contributed by atoms with Gasteiger partial charge in [-0.2, -0.15) is 4.31 Å². The predicted octanol–water partition coefficient (Wildman–Crippen LogP) is 2.83. The number of nitrogens with zero attached hydrogens (tertiary/aromatic N) is 5. The van der Waals surface area contributed by atoms with Gasteiger partial charge in [-0.3, -0.25) is 0 Å². The normalized spacial score (nSPS) is 16.0. The summed E-state index contributed by atoms with van der Waals surface area (Å²) in [5.41, 5.74) is 0.761. The van der Waals surface area contributed by atoms with Crippen LogP contribution in [0.3, 0.4) is 0 Å². The summed E-state index contributed by atoms with van der Waals surface area (Å²) in [6.07, 6.45) is 1.72. The average molecular weight is 420 g/mol. The Hall–Kier alpha value is -2.30. The van der Waals surface area contributed by atoms with Crippen LogP contribution in [-0.2, 0) is 10.0 Å². The van der Waals surface area contributed by atoms with Gasteiger partial charge in [0.05, 0.1) is 5.56 Å². The van der Waals surface area contributed by atoms with Gasteiger partial charge in [0.25, 0.3) is 15.9 Å². The summed E-state index contributed by atoms with van der Waals surface area (Å²) < 4.78 is 33.1. The zero-order valence-electron chi connectivity index (χ0n) is 15.6. The third-order valence-corrected chi connectivity index (χ3v) is 7.85. The van der Waals surface area contributed by atoms with Gasteiger partial charge >= 0.3 is 0 Å². The van der Waals surface area contributed by atoms with E-state index in [0.29, 0.717) is 42.2 Å². The fourth-order valence-corrected chi connectivity index (χ4v) is 5.64. The molecule has 0 N–H and O–H groups in total. The summed E-state index contributed by atoms with van der Waals surface area (Å²) in [4.78, 5) is 6.57. The second-order valence-electron chi connectivity index (χ2n) is 6.80. The van der Waals surface area contributed by atoms with E-state index in [2.05, 4.69) is 20.1 Å². The molecule has 0 amide bonds. The van der Waals surface area contributed by atoms with Crippen LogP contribution < -0.4 is 4.90 Å². The lowest BCUT2D eigenvalue weighted by Crippen LogP contribution is -2.48. The van der Waals surface area contributed by atoms with Crippen LogP contribution in [0.5, 0.6) is 0 Å². The zero-order valence-corrected chi connectivity index (χ0v) is 17.3. The summed E-state index contributed by atoms with van der Waals surface area (Å²) in [6.45, 7) is 5.87. The van der Waals surface area contributed by atoms with Crippen molar-refractivity contribution < 1.29 is 12.8 Å². The molecule has 4 rings (SSSR count). The number of piperazine rings is 1. The molecule has 1 aliphatic rings. The second-order valence-corrected chi connectivity index (χ2v) is 9.91. The Morgan fingerprint density at radius 1 is 1.11 bits per heavy atom. The van der Waals surface area contributed by atoms with Gasteiger partial charge in [0.15, 0.2) is 0 Å². The smallest absolute Gasteiger partial charge is 0.252 e. The Bertz CT molecular complexity index is 1040. The van der Waals surface area contributed by atoms with Gasteiger partial charge in [0.2, 0.25) is 5.89 Å². The first-order valence-corrected chi connectivity index (χ1v) is 11.4. The van der Waals surface area contributed by atoms with E-state index in [-0.39, 0.29) is 5.92 Å². The monoisotopic (exact) mass is 419 g/mol. The van der Waals surface area contributed by atoms with E-state index in [1.807, 2.05) is 26.0 Å². The van der Waals surface area contributed by atoms with Gasteiger partial charge in [0, 0.05) is 38.3 Å². The quantitative estimate of drug-likeness (QED) is 0.628. The van der Waals surface area contributed by atoms with Gasteiger partial charge in [-0.05, 0) is 23.6 Å². The number of rotatable bonds is 5. The first kappa shape index (κ1) is 19.0. The maximum Gasteiger partial charge on any atom is 0.252 e. The van der Waals surface area contributed by atoms with E-state index in [1.165, 1.54) is 15.6 Å². The van der Waals surface area contributed by atoms with Crippen molar-refractivity contribution in [3.8, 4) is 11.5 Å². The van der Waals surface area contributed by atoms with Gasteiger partial charge < -0.3 is 9.32 Å². The molecule has 8 nitrogen and oxygen atoms in total. The molecule has 10 heteroatoms. The first-order chi connectivity index (χ1) is 13.5. The van der Waals surface area contributed by atoms with E-state index in [0.717, 1.165) is 11.4 Å². The van der Waals surface area contributed by atoms with Crippen LogP contribution in [-0.4, -0.2) is 54.1 Å². The minimum Gasteiger partial charge on any atom is -0.420 e. The van der Waals surface area contributed by atoms with Crippen LogP contribution in [0.25, 0.3) is 11.5 Å². The molecule has 1 fully saturated rings. The highest BCUT2D eigenvalue weighted by molar-refractivity contribution is 7.91. The van der Waals surface area contributed by atoms with Crippen molar-refractivity contribution in [1.29, 1.82) is 0 Å². The van der Waals surface area contributed by atoms with Crippen molar-refractivity contribution in [2.75, 3.05) is 31.1 Å². The van der Waals surface area contributed by atoms with E-state index in [9.17, 15) is 8.42 Å². The third kappa shape index (κ3) is 3.54. The predicted molar refractivity (Wildman–Crippen MR) is 107 cm³/mol. The summed E-state index contributed by atoms with van der Waals surface area (Å²) in [5.74, 6) is 1.89. The SMILES string of the molecule is CC(C)c1nnc(-c2cccnc2N2CCN(S(=O)(=O)c3cccs3)CC2)o1. The maximum atomic E-state index is 12.7. The average Bonchev–Trinajstić information content (AvgIpc) is 3.40. The fraction of sp³-hybridized carbons (Fsp3) is 0.389. The largest absolute Gasteiger partial charge is 0.420 e. The Morgan fingerprint density at radius 2 is 1.89 bits per heavy atom. The fourth-order valence-electron chi connectivity index (χ4n) is 3.07.